The molecule has 1 fully saturated rings. The summed E-state index contributed by atoms with van der Waals surface area (Å²) >= 11 is 0. The standard InChI is InChI=1S/C16H20F2/c1-2-12-3-7-14(8-4-12)15-9-5-13(6-10-15)11-16(17)18/h3-4,7-8,11,13,15H,2,5-6,9-10H2,1H3. The smallest absolute Gasteiger partial charge is 0.174 e. The van der Waals surface area contributed by atoms with Crippen LogP contribution in [0, 0.1) is 5.92 Å². The summed E-state index contributed by atoms with van der Waals surface area (Å²) in [4.78, 5) is 0. The third-order valence-corrected chi connectivity index (χ3v) is 3.99. The van der Waals surface area contributed by atoms with Gasteiger partial charge in [-0.2, -0.15) is 8.78 Å². The lowest BCUT2D eigenvalue weighted by molar-refractivity contribution is 0.351. The molecule has 2 rings (SSSR count). The molecule has 0 atom stereocenters. The van der Waals surface area contributed by atoms with Crippen LogP contribution < -0.4 is 0 Å². The summed E-state index contributed by atoms with van der Waals surface area (Å²) in [5.41, 5.74) is 2.73. The highest BCUT2D eigenvalue weighted by atomic mass is 19.3. The van der Waals surface area contributed by atoms with Crippen molar-refractivity contribution in [3.8, 4) is 0 Å². The van der Waals surface area contributed by atoms with Crippen molar-refractivity contribution in [1.82, 2.24) is 0 Å². The van der Waals surface area contributed by atoms with Crippen LogP contribution in [0.1, 0.15) is 49.7 Å². The molecule has 0 spiro atoms. The molecule has 0 amide bonds. The minimum absolute atomic E-state index is 0.0844. The first-order valence-corrected chi connectivity index (χ1v) is 6.80. The van der Waals surface area contributed by atoms with E-state index in [2.05, 4.69) is 31.2 Å². The van der Waals surface area contributed by atoms with Crippen molar-refractivity contribution >= 4 is 0 Å². The van der Waals surface area contributed by atoms with Gasteiger partial charge in [0.1, 0.15) is 0 Å². The van der Waals surface area contributed by atoms with E-state index in [1.807, 2.05) is 0 Å². The Morgan fingerprint density at radius 1 is 1.11 bits per heavy atom. The highest BCUT2D eigenvalue weighted by Crippen LogP contribution is 2.36. The molecule has 0 aromatic heterocycles. The molecule has 0 N–H and O–H groups in total. The van der Waals surface area contributed by atoms with E-state index in [1.165, 1.54) is 11.1 Å². The molecule has 0 heterocycles. The lowest BCUT2D eigenvalue weighted by Gasteiger charge is -2.26. The first kappa shape index (κ1) is 13.3. The van der Waals surface area contributed by atoms with Gasteiger partial charge in [-0.05, 0) is 61.1 Å². The minimum Gasteiger partial charge on any atom is -0.174 e. The van der Waals surface area contributed by atoms with Crippen LogP contribution in [-0.2, 0) is 6.42 Å². The van der Waals surface area contributed by atoms with Crippen LogP contribution in [0.3, 0.4) is 0 Å². The van der Waals surface area contributed by atoms with E-state index in [4.69, 9.17) is 0 Å². The summed E-state index contributed by atoms with van der Waals surface area (Å²) in [5, 5.41) is 0. The van der Waals surface area contributed by atoms with E-state index in [0.717, 1.165) is 38.2 Å². The van der Waals surface area contributed by atoms with Crippen LogP contribution in [0.2, 0.25) is 0 Å². The predicted molar refractivity (Wildman–Crippen MR) is 70.8 cm³/mol. The molecule has 1 aromatic rings. The van der Waals surface area contributed by atoms with Gasteiger partial charge >= 0.3 is 0 Å². The third-order valence-electron chi connectivity index (χ3n) is 3.99. The zero-order valence-electron chi connectivity index (χ0n) is 10.8. The highest BCUT2D eigenvalue weighted by molar-refractivity contribution is 5.25. The maximum atomic E-state index is 12.2. The Bertz CT molecular complexity index is 394. The summed E-state index contributed by atoms with van der Waals surface area (Å²) < 4.78 is 24.4. The Morgan fingerprint density at radius 3 is 2.22 bits per heavy atom. The number of hydrogen-bond donors (Lipinski definition) is 0. The maximum Gasteiger partial charge on any atom is 0.266 e. The van der Waals surface area contributed by atoms with Gasteiger partial charge in [-0.3, -0.25) is 0 Å². The number of allylic oxidation sites excluding steroid dienone is 1. The largest absolute Gasteiger partial charge is 0.266 e. The topological polar surface area (TPSA) is 0 Å². The molecule has 0 bridgehead atoms. The molecule has 1 aliphatic rings. The van der Waals surface area contributed by atoms with E-state index >= 15 is 0 Å². The Labute approximate surface area is 108 Å². The van der Waals surface area contributed by atoms with Crippen LogP contribution >= 0.6 is 0 Å². The maximum absolute atomic E-state index is 12.2. The Balaban J connectivity index is 1.94. The molecule has 1 aliphatic carbocycles. The van der Waals surface area contributed by atoms with E-state index in [-0.39, 0.29) is 5.92 Å². The summed E-state index contributed by atoms with van der Waals surface area (Å²) in [6.07, 6.45) is 4.50. The van der Waals surface area contributed by atoms with Crippen LogP contribution in [0.15, 0.2) is 36.4 Å². The van der Waals surface area contributed by atoms with E-state index in [1.54, 1.807) is 0 Å². The average molecular weight is 250 g/mol. The molecular weight excluding hydrogens is 230 g/mol. The Kier molecular flexibility index (Phi) is 4.51. The molecule has 2 heteroatoms. The van der Waals surface area contributed by atoms with Gasteiger partial charge in [0.05, 0.1) is 0 Å². The van der Waals surface area contributed by atoms with Gasteiger partial charge in [-0.1, -0.05) is 31.2 Å². The summed E-state index contributed by atoms with van der Waals surface area (Å²) in [7, 11) is 0. The zero-order valence-corrected chi connectivity index (χ0v) is 10.8. The number of halogens is 2. The lowest BCUT2D eigenvalue weighted by Crippen LogP contribution is -2.11. The minimum atomic E-state index is -1.52. The molecule has 0 aliphatic heterocycles. The molecular formula is C16H20F2. The van der Waals surface area contributed by atoms with Crippen molar-refractivity contribution in [2.45, 2.75) is 44.9 Å². The van der Waals surface area contributed by atoms with Crippen LogP contribution in [0.5, 0.6) is 0 Å². The molecule has 0 radical (unpaired) electrons. The Hall–Kier alpha value is -1.18. The molecule has 1 aromatic carbocycles. The molecule has 98 valence electrons. The lowest BCUT2D eigenvalue weighted by atomic mass is 9.78. The van der Waals surface area contributed by atoms with Gasteiger partial charge < -0.3 is 0 Å². The number of aryl methyl sites for hydroxylation is 1. The van der Waals surface area contributed by atoms with Gasteiger partial charge in [-0.25, -0.2) is 0 Å². The molecule has 0 nitrogen and oxygen atoms in total. The van der Waals surface area contributed by atoms with Crippen molar-refractivity contribution < 1.29 is 8.78 Å². The summed E-state index contributed by atoms with van der Waals surface area (Å²) in [5.74, 6) is 0.643. The fourth-order valence-corrected chi connectivity index (χ4v) is 2.82. The van der Waals surface area contributed by atoms with Crippen molar-refractivity contribution in [3.63, 3.8) is 0 Å². The number of rotatable bonds is 3. The van der Waals surface area contributed by atoms with Gasteiger partial charge in [0.25, 0.3) is 6.08 Å². The van der Waals surface area contributed by atoms with E-state index < -0.39 is 6.08 Å². The number of hydrogen-bond acceptors (Lipinski definition) is 0. The van der Waals surface area contributed by atoms with E-state index in [9.17, 15) is 8.78 Å². The number of benzene rings is 1. The van der Waals surface area contributed by atoms with Crippen molar-refractivity contribution in [2.75, 3.05) is 0 Å². The Morgan fingerprint density at radius 2 is 1.72 bits per heavy atom. The molecule has 0 saturated heterocycles. The zero-order chi connectivity index (χ0) is 13.0. The van der Waals surface area contributed by atoms with Crippen molar-refractivity contribution in [1.29, 1.82) is 0 Å². The van der Waals surface area contributed by atoms with Gasteiger partial charge in [-0.15, -0.1) is 0 Å². The SMILES string of the molecule is CCc1ccc(C2CCC(C=C(F)F)CC2)cc1. The molecule has 1 saturated carbocycles. The van der Waals surface area contributed by atoms with E-state index in [0.29, 0.717) is 5.92 Å². The van der Waals surface area contributed by atoms with Crippen molar-refractivity contribution in [3.05, 3.63) is 47.5 Å². The molecule has 0 unspecified atom stereocenters. The van der Waals surface area contributed by atoms with Crippen LogP contribution in [0.25, 0.3) is 0 Å². The fourth-order valence-electron chi connectivity index (χ4n) is 2.82. The molecule has 18 heavy (non-hydrogen) atoms. The third kappa shape index (κ3) is 3.41. The summed E-state index contributed by atoms with van der Waals surface area (Å²) in [6, 6.07) is 8.77. The second-order valence-corrected chi connectivity index (χ2v) is 5.16. The average Bonchev–Trinajstić information content (AvgIpc) is 2.39. The second-order valence-electron chi connectivity index (χ2n) is 5.16. The predicted octanol–water partition coefficient (Wildman–Crippen LogP) is 5.30. The van der Waals surface area contributed by atoms with Crippen molar-refractivity contribution in [2.24, 2.45) is 5.92 Å². The first-order valence-electron chi connectivity index (χ1n) is 6.80. The quantitative estimate of drug-likeness (QED) is 0.682. The monoisotopic (exact) mass is 250 g/mol. The van der Waals surface area contributed by atoms with Gasteiger partial charge in [0, 0.05) is 0 Å². The fraction of sp³-hybridized carbons (Fsp3) is 0.500. The van der Waals surface area contributed by atoms with Gasteiger partial charge in [0.15, 0.2) is 0 Å². The summed E-state index contributed by atoms with van der Waals surface area (Å²) in [6.45, 7) is 2.15. The normalized spacial score (nSPS) is 23.7. The van der Waals surface area contributed by atoms with Gasteiger partial charge in [0.2, 0.25) is 0 Å². The highest BCUT2D eigenvalue weighted by Gasteiger charge is 2.21. The first-order chi connectivity index (χ1) is 8.69. The second kappa shape index (κ2) is 6.12. The van der Waals surface area contributed by atoms with Crippen LogP contribution in [0.4, 0.5) is 8.78 Å². The van der Waals surface area contributed by atoms with Crippen LogP contribution in [-0.4, -0.2) is 0 Å².